The number of hydrogen-bond acceptors (Lipinski definition) is 3. The lowest BCUT2D eigenvalue weighted by atomic mass is 10.1. The van der Waals surface area contributed by atoms with Gasteiger partial charge in [-0.25, -0.2) is 0 Å². The van der Waals surface area contributed by atoms with Crippen molar-refractivity contribution in [3.05, 3.63) is 21.8 Å². The molecule has 0 aliphatic carbocycles. The zero-order valence-corrected chi connectivity index (χ0v) is 11.0. The number of anilines is 2. The van der Waals surface area contributed by atoms with Crippen LogP contribution < -0.4 is 10.6 Å². The Kier molecular flexibility index (Phi) is 3.23. The molecule has 0 saturated carbocycles. The van der Waals surface area contributed by atoms with Gasteiger partial charge < -0.3 is 15.7 Å². The van der Waals surface area contributed by atoms with Gasteiger partial charge in [-0.15, -0.1) is 0 Å². The highest BCUT2D eigenvalue weighted by Crippen LogP contribution is 2.31. The van der Waals surface area contributed by atoms with Crippen molar-refractivity contribution in [2.75, 3.05) is 17.2 Å². The van der Waals surface area contributed by atoms with E-state index in [-0.39, 0.29) is 18.9 Å². The maximum absolute atomic E-state index is 11.8. The van der Waals surface area contributed by atoms with Crippen LogP contribution in [0, 0.1) is 9.49 Å². The van der Waals surface area contributed by atoms with Gasteiger partial charge in [0.05, 0.1) is 17.3 Å². The first-order valence-electron chi connectivity index (χ1n) is 5.07. The molecule has 1 saturated heterocycles. The van der Waals surface area contributed by atoms with Crippen LogP contribution in [-0.2, 0) is 9.59 Å². The van der Waals surface area contributed by atoms with Gasteiger partial charge in [-0.1, -0.05) is 0 Å². The van der Waals surface area contributed by atoms with Gasteiger partial charge in [-0.05, 0) is 40.8 Å². The van der Waals surface area contributed by atoms with Crippen LogP contribution in [-0.4, -0.2) is 23.5 Å². The van der Waals surface area contributed by atoms with Crippen LogP contribution in [0.15, 0.2) is 18.2 Å². The van der Waals surface area contributed by atoms with E-state index in [0.717, 1.165) is 3.57 Å². The van der Waals surface area contributed by atoms with Crippen molar-refractivity contribution in [1.82, 2.24) is 0 Å². The Labute approximate surface area is 112 Å². The van der Waals surface area contributed by atoms with Crippen molar-refractivity contribution >= 4 is 45.8 Å². The normalized spacial score (nSPS) is 19.7. The number of hydrogen-bond donors (Lipinski definition) is 2. The molecule has 1 aliphatic rings. The predicted molar refractivity (Wildman–Crippen MR) is 71.7 cm³/mol. The molecule has 17 heavy (non-hydrogen) atoms. The molecule has 2 rings (SSSR count). The van der Waals surface area contributed by atoms with Crippen LogP contribution in [0.5, 0.6) is 0 Å². The van der Waals surface area contributed by atoms with Gasteiger partial charge in [0.15, 0.2) is 0 Å². The smallest absolute Gasteiger partial charge is 0.308 e. The minimum absolute atomic E-state index is 0.0419. The summed E-state index contributed by atoms with van der Waals surface area (Å²) in [7, 11) is 0. The van der Waals surface area contributed by atoms with Crippen LogP contribution in [0.1, 0.15) is 6.42 Å². The third-order valence-corrected chi connectivity index (χ3v) is 3.43. The highest BCUT2D eigenvalue weighted by molar-refractivity contribution is 14.1. The standard InChI is InChI=1S/C11H11IN2O3/c12-7-1-2-8(13)9(4-7)14-5-6(11(16)17)3-10(14)15/h1-2,4,6H,3,5,13H2,(H,16,17). The molecular formula is C11H11IN2O3. The summed E-state index contributed by atoms with van der Waals surface area (Å²) >= 11 is 2.12. The van der Waals surface area contributed by atoms with E-state index in [4.69, 9.17) is 10.8 Å². The first kappa shape index (κ1) is 12.2. The van der Waals surface area contributed by atoms with Crippen molar-refractivity contribution in [3.8, 4) is 0 Å². The SMILES string of the molecule is Nc1ccc(I)cc1N1CC(C(=O)O)CC1=O. The van der Waals surface area contributed by atoms with Crippen LogP contribution in [0.4, 0.5) is 11.4 Å². The van der Waals surface area contributed by atoms with Crippen LogP contribution in [0.2, 0.25) is 0 Å². The van der Waals surface area contributed by atoms with E-state index >= 15 is 0 Å². The number of carbonyl (C=O) groups excluding carboxylic acids is 1. The zero-order valence-electron chi connectivity index (χ0n) is 8.89. The number of halogens is 1. The highest BCUT2D eigenvalue weighted by atomic mass is 127. The molecular weight excluding hydrogens is 335 g/mol. The van der Waals surface area contributed by atoms with Gasteiger partial charge in [0.2, 0.25) is 5.91 Å². The Morgan fingerprint density at radius 1 is 1.53 bits per heavy atom. The molecule has 1 aromatic rings. The maximum Gasteiger partial charge on any atom is 0.308 e. The lowest BCUT2D eigenvalue weighted by molar-refractivity contribution is -0.141. The fourth-order valence-corrected chi connectivity index (χ4v) is 2.33. The second kappa shape index (κ2) is 4.52. The topological polar surface area (TPSA) is 83.6 Å². The molecule has 5 nitrogen and oxygen atoms in total. The van der Waals surface area contributed by atoms with Crippen molar-refractivity contribution < 1.29 is 14.7 Å². The summed E-state index contributed by atoms with van der Waals surface area (Å²) in [6.45, 7) is 0.193. The lowest BCUT2D eigenvalue weighted by Gasteiger charge is -2.18. The number of rotatable bonds is 2. The Balaban J connectivity index is 2.32. The number of nitrogens with zero attached hydrogens (tertiary/aromatic N) is 1. The lowest BCUT2D eigenvalue weighted by Crippen LogP contribution is -2.26. The fraction of sp³-hybridized carbons (Fsp3) is 0.273. The molecule has 1 amide bonds. The van der Waals surface area contributed by atoms with E-state index < -0.39 is 11.9 Å². The average Bonchev–Trinajstić information content (AvgIpc) is 2.64. The third-order valence-electron chi connectivity index (χ3n) is 2.76. The summed E-state index contributed by atoms with van der Waals surface area (Å²) in [5, 5.41) is 8.91. The van der Waals surface area contributed by atoms with E-state index in [1.165, 1.54) is 4.90 Å². The van der Waals surface area contributed by atoms with E-state index in [9.17, 15) is 9.59 Å². The van der Waals surface area contributed by atoms with Crippen molar-refractivity contribution in [2.24, 2.45) is 5.92 Å². The van der Waals surface area contributed by atoms with Gasteiger partial charge >= 0.3 is 5.97 Å². The Hall–Kier alpha value is -1.31. The summed E-state index contributed by atoms with van der Waals surface area (Å²) < 4.78 is 0.957. The Morgan fingerprint density at radius 2 is 2.24 bits per heavy atom. The first-order chi connectivity index (χ1) is 7.99. The van der Waals surface area contributed by atoms with E-state index in [2.05, 4.69) is 22.6 Å². The quantitative estimate of drug-likeness (QED) is 0.625. The second-order valence-corrected chi connectivity index (χ2v) is 5.19. The fourth-order valence-electron chi connectivity index (χ4n) is 1.86. The minimum atomic E-state index is -0.940. The molecule has 1 aromatic carbocycles. The molecule has 0 aromatic heterocycles. The monoisotopic (exact) mass is 346 g/mol. The molecule has 1 unspecified atom stereocenters. The van der Waals surface area contributed by atoms with E-state index in [1.807, 2.05) is 6.07 Å². The van der Waals surface area contributed by atoms with E-state index in [1.54, 1.807) is 12.1 Å². The van der Waals surface area contributed by atoms with Crippen molar-refractivity contribution in [3.63, 3.8) is 0 Å². The maximum atomic E-state index is 11.8. The molecule has 1 aliphatic heterocycles. The number of amides is 1. The number of carboxylic acid groups (broad SMARTS) is 1. The number of nitrogens with two attached hydrogens (primary N) is 1. The largest absolute Gasteiger partial charge is 0.481 e. The highest BCUT2D eigenvalue weighted by Gasteiger charge is 2.35. The molecule has 6 heteroatoms. The van der Waals surface area contributed by atoms with Gasteiger partial charge in [0.25, 0.3) is 0 Å². The molecule has 1 atom stereocenters. The number of benzene rings is 1. The van der Waals surface area contributed by atoms with Crippen LogP contribution in [0.25, 0.3) is 0 Å². The number of aliphatic carboxylic acids is 1. The van der Waals surface area contributed by atoms with Gasteiger partial charge in [-0.3, -0.25) is 9.59 Å². The summed E-state index contributed by atoms with van der Waals surface area (Å²) in [6, 6.07) is 5.35. The number of carbonyl (C=O) groups is 2. The Morgan fingerprint density at radius 3 is 2.82 bits per heavy atom. The molecule has 3 N–H and O–H groups in total. The molecule has 0 radical (unpaired) electrons. The predicted octanol–water partition coefficient (Wildman–Crippen LogP) is 1.31. The summed E-state index contributed by atoms with van der Waals surface area (Å²) in [6.07, 6.45) is 0.0419. The van der Waals surface area contributed by atoms with Crippen molar-refractivity contribution in [1.29, 1.82) is 0 Å². The third kappa shape index (κ3) is 2.36. The van der Waals surface area contributed by atoms with Crippen LogP contribution in [0.3, 0.4) is 0 Å². The minimum Gasteiger partial charge on any atom is -0.481 e. The van der Waals surface area contributed by atoms with Gasteiger partial charge in [0, 0.05) is 16.5 Å². The number of carboxylic acids is 1. The summed E-state index contributed by atoms with van der Waals surface area (Å²) in [4.78, 5) is 24.1. The molecule has 0 bridgehead atoms. The zero-order chi connectivity index (χ0) is 12.6. The van der Waals surface area contributed by atoms with E-state index in [0.29, 0.717) is 11.4 Å². The van der Waals surface area contributed by atoms with Gasteiger partial charge in [-0.2, -0.15) is 0 Å². The molecule has 0 spiro atoms. The van der Waals surface area contributed by atoms with Crippen LogP contribution >= 0.6 is 22.6 Å². The summed E-state index contributed by atoms with van der Waals surface area (Å²) in [5.41, 5.74) is 6.90. The first-order valence-corrected chi connectivity index (χ1v) is 6.15. The summed E-state index contributed by atoms with van der Waals surface area (Å²) in [5.74, 6) is -1.77. The Bertz CT molecular complexity index is 490. The second-order valence-electron chi connectivity index (χ2n) is 3.95. The van der Waals surface area contributed by atoms with Crippen molar-refractivity contribution in [2.45, 2.75) is 6.42 Å². The average molecular weight is 346 g/mol. The molecule has 1 fully saturated rings. The molecule has 90 valence electrons. The van der Waals surface area contributed by atoms with Gasteiger partial charge in [0.1, 0.15) is 0 Å². The number of nitrogen functional groups attached to an aromatic ring is 1. The molecule has 1 heterocycles.